The molecule has 6 heteroatoms. The van der Waals surface area contributed by atoms with Gasteiger partial charge in [0.15, 0.2) is 6.17 Å². The highest BCUT2D eigenvalue weighted by molar-refractivity contribution is 5.14. The summed E-state index contributed by atoms with van der Waals surface area (Å²) in [6.45, 7) is -0.568. The molecule has 3 N–H and O–H groups in total. The molecule has 2 aromatic rings. The molecule has 0 spiro atoms. The summed E-state index contributed by atoms with van der Waals surface area (Å²) < 4.78 is 24.8. The van der Waals surface area contributed by atoms with Gasteiger partial charge in [-0.3, -0.25) is 0 Å². The predicted octanol–water partition coefficient (Wildman–Crippen LogP) is 1.84. The molecule has 0 aliphatic carbocycles. The molecular weight excluding hydrogens is 339 g/mol. The van der Waals surface area contributed by atoms with Gasteiger partial charge < -0.3 is 24.8 Å². The van der Waals surface area contributed by atoms with Gasteiger partial charge in [0.1, 0.15) is 18.3 Å². The summed E-state index contributed by atoms with van der Waals surface area (Å²) in [4.78, 5) is 0. The summed E-state index contributed by atoms with van der Waals surface area (Å²) >= 11 is 0. The van der Waals surface area contributed by atoms with Gasteiger partial charge in [-0.2, -0.15) is 0 Å². The van der Waals surface area contributed by atoms with E-state index in [1.807, 2.05) is 60.7 Å². The summed E-state index contributed by atoms with van der Waals surface area (Å²) in [5, 5.41) is 29.5. The van der Waals surface area contributed by atoms with Gasteiger partial charge in [0.2, 0.25) is 0 Å². The molecule has 0 aliphatic rings. The quantitative estimate of drug-likeness (QED) is 0.567. The van der Waals surface area contributed by atoms with Crippen molar-refractivity contribution in [2.75, 3.05) is 13.2 Å². The molecule has 0 saturated carbocycles. The molecule has 142 valence electrons. The highest BCUT2D eigenvalue weighted by Crippen LogP contribution is 2.14. The van der Waals surface area contributed by atoms with E-state index >= 15 is 0 Å². The van der Waals surface area contributed by atoms with Crippen molar-refractivity contribution in [2.45, 2.75) is 37.7 Å². The number of rotatable bonds is 11. The first-order valence-electron chi connectivity index (χ1n) is 8.50. The topological polar surface area (TPSA) is 79.2 Å². The summed E-state index contributed by atoms with van der Waals surface area (Å²) in [7, 11) is 0. The molecule has 5 nitrogen and oxygen atoms in total. The zero-order valence-electron chi connectivity index (χ0n) is 14.4. The van der Waals surface area contributed by atoms with Crippen molar-refractivity contribution < 1.29 is 29.2 Å². The van der Waals surface area contributed by atoms with Crippen LogP contribution in [0.4, 0.5) is 4.39 Å². The number of halogens is 1. The maximum absolute atomic E-state index is 14.1. The maximum Gasteiger partial charge on any atom is 0.152 e. The molecule has 0 aliphatic heterocycles. The molecule has 0 aromatic heterocycles. The van der Waals surface area contributed by atoms with Crippen LogP contribution in [0.25, 0.3) is 0 Å². The van der Waals surface area contributed by atoms with Crippen molar-refractivity contribution in [1.82, 2.24) is 0 Å². The van der Waals surface area contributed by atoms with Crippen LogP contribution in [0.15, 0.2) is 60.7 Å². The monoisotopic (exact) mass is 364 g/mol. The molecule has 0 saturated heterocycles. The SMILES string of the molecule is OC[C@@H](OCc1ccccc1)[C@@H](O)[C@@H](O)[C@@H](F)COCc1ccccc1. The minimum Gasteiger partial charge on any atom is -0.394 e. The Morgan fingerprint density at radius 2 is 1.35 bits per heavy atom. The lowest BCUT2D eigenvalue weighted by molar-refractivity contribution is -0.135. The van der Waals surface area contributed by atoms with E-state index in [0.717, 1.165) is 11.1 Å². The van der Waals surface area contributed by atoms with E-state index in [9.17, 15) is 19.7 Å². The van der Waals surface area contributed by atoms with Gasteiger partial charge in [0.25, 0.3) is 0 Å². The van der Waals surface area contributed by atoms with Crippen LogP contribution in [-0.4, -0.2) is 53.0 Å². The number of aliphatic hydroxyl groups is 3. The van der Waals surface area contributed by atoms with E-state index in [4.69, 9.17) is 9.47 Å². The highest BCUT2D eigenvalue weighted by atomic mass is 19.1. The van der Waals surface area contributed by atoms with Crippen LogP contribution in [-0.2, 0) is 22.7 Å². The van der Waals surface area contributed by atoms with E-state index < -0.39 is 31.1 Å². The fourth-order valence-corrected chi connectivity index (χ4v) is 2.43. The Morgan fingerprint density at radius 1 is 0.808 bits per heavy atom. The molecule has 2 aromatic carbocycles. The summed E-state index contributed by atoms with van der Waals surface area (Å²) in [6, 6.07) is 18.4. The van der Waals surface area contributed by atoms with Crippen LogP contribution in [0.5, 0.6) is 0 Å². The molecule has 26 heavy (non-hydrogen) atoms. The van der Waals surface area contributed by atoms with Gasteiger partial charge in [-0.25, -0.2) is 4.39 Å². The second kappa shape index (κ2) is 11.0. The Kier molecular flexibility index (Phi) is 8.67. The lowest BCUT2D eigenvalue weighted by atomic mass is 10.0. The van der Waals surface area contributed by atoms with Crippen molar-refractivity contribution in [2.24, 2.45) is 0 Å². The number of ether oxygens (including phenoxy) is 2. The second-order valence-corrected chi connectivity index (χ2v) is 6.02. The lowest BCUT2D eigenvalue weighted by Gasteiger charge is -2.27. The molecule has 0 unspecified atom stereocenters. The van der Waals surface area contributed by atoms with Gasteiger partial charge in [-0.1, -0.05) is 60.7 Å². The number of hydrogen-bond acceptors (Lipinski definition) is 5. The normalized spacial score (nSPS) is 16.0. The van der Waals surface area contributed by atoms with Gasteiger partial charge in [0, 0.05) is 0 Å². The Labute approximate surface area is 152 Å². The van der Waals surface area contributed by atoms with Crippen LogP contribution in [0.1, 0.15) is 11.1 Å². The largest absolute Gasteiger partial charge is 0.394 e. The summed E-state index contributed by atoms with van der Waals surface area (Å²) in [5.41, 5.74) is 1.73. The molecule has 0 amide bonds. The zero-order chi connectivity index (χ0) is 18.8. The first kappa shape index (κ1) is 20.5. The summed E-state index contributed by atoms with van der Waals surface area (Å²) in [6.07, 6.45) is -6.20. The summed E-state index contributed by atoms with van der Waals surface area (Å²) in [5.74, 6) is 0. The average Bonchev–Trinajstić information content (AvgIpc) is 2.69. The Hall–Kier alpha value is -1.83. The van der Waals surface area contributed by atoms with Crippen LogP contribution in [0.2, 0.25) is 0 Å². The number of aliphatic hydroxyl groups excluding tert-OH is 3. The maximum atomic E-state index is 14.1. The number of hydrogen-bond donors (Lipinski definition) is 3. The predicted molar refractivity (Wildman–Crippen MR) is 95.1 cm³/mol. The van der Waals surface area contributed by atoms with Crippen molar-refractivity contribution in [3.8, 4) is 0 Å². The second-order valence-electron chi connectivity index (χ2n) is 6.02. The average molecular weight is 364 g/mol. The third-order valence-corrected chi connectivity index (χ3v) is 3.98. The van der Waals surface area contributed by atoms with E-state index in [1.165, 1.54) is 0 Å². The number of benzene rings is 2. The van der Waals surface area contributed by atoms with Crippen molar-refractivity contribution in [3.05, 3.63) is 71.8 Å². The smallest absolute Gasteiger partial charge is 0.152 e. The number of alkyl halides is 1. The van der Waals surface area contributed by atoms with Gasteiger partial charge in [-0.15, -0.1) is 0 Å². The first-order valence-corrected chi connectivity index (χ1v) is 8.50. The van der Waals surface area contributed by atoms with E-state index in [0.29, 0.717) is 0 Å². The van der Waals surface area contributed by atoms with Gasteiger partial charge >= 0.3 is 0 Å². The molecule has 0 fully saturated rings. The molecular formula is C20H25FO5. The van der Waals surface area contributed by atoms with E-state index in [2.05, 4.69) is 0 Å². The molecule has 0 heterocycles. The van der Waals surface area contributed by atoms with Crippen LogP contribution in [0.3, 0.4) is 0 Å². The molecule has 0 bridgehead atoms. The molecule has 4 atom stereocenters. The van der Waals surface area contributed by atoms with Crippen LogP contribution in [0, 0.1) is 0 Å². The van der Waals surface area contributed by atoms with Crippen molar-refractivity contribution >= 4 is 0 Å². The third kappa shape index (κ3) is 6.48. The van der Waals surface area contributed by atoms with Crippen molar-refractivity contribution in [3.63, 3.8) is 0 Å². The lowest BCUT2D eigenvalue weighted by Crippen LogP contribution is -2.46. The Bertz CT molecular complexity index is 610. The van der Waals surface area contributed by atoms with Gasteiger partial charge in [-0.05, 0) is 11.1 Å². The van der Waals surface area contributed by atoms with Crippen LogP contribution < -0.4 is 0 Å². The third-order valence-electron chi connectivity index (χ3n) is 3.98. The van der Waals surface area contributed by atoms with E-state index in [1.54, 1.807) is 0 Å². The minimum atomic E-state index is -1.80. The molecule has 2 rings (SSSR count). The Balaban J connectivity index is 1.78. The van der Waals surface area contributed by atoms with E-state index in [-0.39, 0.29) is 19.8 Å². The fraction of sp³-hybridized carbons (Fsp3) is 0.400. The first-order chi connectivity index (χ1) is 12.6. The standard InChI is InChI=1S/C20H25FO5/c21-17(14-25-12-15-7-3-1-4-8-15)19(23)20(24)18(11-22)26-13-16-9-5-2-6-10-16/h1-10,17-20,22-24H,11-14H2/t17-,18+,19-,20+/m0/s1. The fourth-order valence-electron chi connectivity index (χ4n) is 2.43. The highest BCUT2D eigenvalue weighted by Gasteiger charge is 2.33. The minimum absolute atomic E-state index is 0.136. The Morgan fingerprint density at radius 3 is 1.88 bits per heavy atom. The molecule has 0 radical (unpaired) electrons. The zero-order valence-corrected chi connectivity index (χ0v) is 14.4. The van der Waals surface area contributed by atoms with Crippen LogP contribution >= 0.6 is 0 Å². The van der Waals surface area contributed by atoms with Crippen molar-refractivity contribution in [1.29, 1.82) is 0 Å². The van der Waals surface area contributed by atoms with Gasteiger partial charge in [0.05, 0.1) is 26.4 Å².